The van der Waals surface area contributed by atoms with Crippen LogP contribution in [0.1, 0.15) is 30.5 Å². The predicted molar refractivity (Wildman–Crippen MR) is 117 cm³/mol. The molecule has 0 amide bonds. The molecular weight excluding hydrogens is 370 g/mol. The minimum Gasteiger partial charge on any atom is -0.496 e. The molecule has 2 unspecified atom stereocenters. The molecule has 28 heavy (non-hydrogen) atoms. The highest BCUT2D eigenvalue weighted by Crippen LogP contribution is 2.24. The van der Waals surface area contributed by atoms with Crippen LogP contribution in [0.5, 0.6) is 5.75 Å². The van der Waals surface area contributed by atoms with Gasteiger partial charge in [-0.15, -0.1) is 0 Å². The van der Waals surface area contributed by atoms with Crippen molar-refractivity contribution in [2.45, 2.75) is 33.1 Å². The first-order chi connectivity index (χ1) is 13.3. The minimum absolute atomic E-state index is 0.0999. The number of rotatable bonds is 10. The Bertz CT molecular complexity index is 817. The number of thiol groups is 1. The highest BCUT2D eigenvalue weighted by atomic mass is 32.1. The van der Waals surface area contributed by atoms with Crippen LogP contribution in [0.25, 0.3) is 0 Å². The number of nitrogens with two attached hydrogens (primary N) is 1. The Hall–Kier alpha value is -2.27. The number of hydrogen-bond donors (Lipinski definition) is 2. The molecule has 4 nitrogen and oxygen atoms in total. The molecule has 0 saturated carbocycles. The molecule has 0 heterocycles. The van der Waals surface area contributed by atoms with E-state index in [-0.39, 0.29) is 23.4 Å². The van der Waals surface area contributed by atoms with E-state index >= 15 is 0 Å². The van der Waals surface area contributed by atoms with Gasteiger partial charge in [-0.3, -0.25) is 9.59 Å². The minimum atomic E-state index is -0.120. The molecule has 5 heteroatoms. The van der Waals surface area contributed by atoms with Crippen LogP contribution in [0.2, 0.25) is 0 Å². The van der Waals surface area contributed by atoms with Gasteiger partial charge in [-0.25, -0.2) is 0 Å². The number of carbonyl (C=O) groups excluding carboxylic acids is 2. The summed E-state index contributed by atoms with van der Waals surface area (Å²) in [4.78, 5) is 24.9. The smallest absolute Gasteiger partial charge is 0.141 e. The summed E-state index contributed by atoms with van der Waals surface area (Å²) in [5, 5.41) is 0. The first kappa shape index (κ1) is 22.0. The number of ketones is 2. The van der Waals surface area contributed by atoms with Gasteiger partial charge in [0, 0.05) is 35.9 Å². The molecule has 0 radical (unpaired) electrons. The van der Waals surface area contributed by atoms with Gasteiger partial charge in [0.1, 0.15) is 17.3 Å². The van der Waals surface area contributed by atoms with Crippen LogP contribution in [-0.2, 0) is 28.9 Å². The number of benzene rings is 2. The third kappa shape index (κ3) is 6.13. The molecule has 0 aliphatic heterocycles. The van der Waals surface area contributed by atoms with Crippen molar-refractivity contribution in [2.75, 3.05) is 18.6 Å². The Balaban J connectivity index is 2.07. The fourth-order valence-corrected chi connectivity index (χ4v) is 3.24. The third-order valence-electron chi connectivity index (χ3n) is 4.98. The van der Waals surface area contributed by atoms with Gasteiger partial charge in [0.05, 0.1) is 7.11 Å². The maximum absolute atomic E-state index is 12.6. The van der Waals surface area contributed by atoms with Gasteiger partial charge in [-0.2, -0.15) is 12.6 Å². The van der Waals surface area contributed by atoms with Crippen molar-refractivity contribution < 1.29 is 14.3 Å². The summed E-state index contributed by atoms with van der Waals surface area (Å²) in [5.41, 5.74) is 9.24. The predicted octanol–water partition coefficient (Wildman–Crippen LogP) is 3.95. The fraction of sp³-hybridized carbons (Fsp3) is 0.391. The largest absolute Gasteiger partial charge is 0.496 e. The summed E-state index contributed by atoms with van der Waals surface area (Å²) in [6, 6.07) is 13.2. The van der Waals surface area contributed by atoms with Crippen molar-refractivity contribution >= 4 is 29.9 Å². The molecule has 0 bridgehead atoms. The van der Waals surface area contributed by atoms with Crippen molar-refractivity contribution in [3.8, 4) is 5.75 Å². The number of hydrogen-bond acceptors (Lipinski definition) is 5. The van der Waals surface area contributed by atoms with Crippen LogP contribution < -0.4 is 10.5 Å². The Morgan fingerprint density at radius 3 is 2.18 bits per heavy atom. The molecule has 150 valence electrons. The van der Waals surface area contributed by atoms with Crippen molar-refractivity contribution in [1.82, 2.24) is 0 Å². The molecule has 2 rings (SSSR count). The number of ether oxygens (including phenoxy) is 1. The Morgan fingerprint density at radius 2 is 1.57 bits per heavy atom. The maximum Gasteiger partial charge on any atom is 0.141 e. The van der Waals surface area contributed by atoms with E-state index in [9.17, 15) is 9.59 Å². The lowest BCUT2D eigenvalue weighted by Crippen LogP contribution is -2.17. The number of methoxy groups -OCH3 is 1. The lowest BCUT2D eigenvalue weighted by Gasteiger charge is -2.15. The lowest BCUT2D eigenvalue weighted by molar-refractivity contribution is -0.122. The van der Waals surface area contributed by atoms with Crippen LogP contribution >= 0.6 is 12.6 Å². The number of Topliss-reactive ketones (excluding diaryl/α,β-unsaturated/α-hetero) is 2. The molecule has 0 spiro atoms. The van der Waals surface area contributed by atoms with E-state index in [1.54, 1.807) is 7.11 Å². The Labute approximate surface area is 172 Å². The molecule has 0 saturated heterocycles. The average molecular weight is 400 g/mol. The van der Waals surface area contributed by atoms with Gasteiger partial charge in [0.25, 0.3) is 0 Å². The molecule has 2 N–H and O–H groups in total. The highest BCUT2D eigenvalue weighted by Gasteiger charge is 2.18. The zero-order valence-corrected chi connectivity index (χ0v) is 17.7. The Kier molecular flexibility index (Phi) is 8.12. The molecule has 0 aromatic heterocycles. The molecule has 2 aromatic rings. The van der Waals surface area contributed by atoms with Crippen LogP contribution in [0.4, 0.5) is 5.69 Å². The quantitative estimate of drug-likeness (QED) is 0.469. The van der Waals surface area contributed by atoms with Crippen molar-refractivity contribution in [3.63, 3.8) is 0 Å². The maximum atomic E-state index is 12.6. The SMILES string of the molecule is COc1ccc(CC(C)C(=O)Cc2ccc(N)cc2)cc1CC(=O)C(C)CS. The number of carbonyl (C=O) groups is 2. The fourth-order valence-electron chi connectivity index (χ4n) is 3.04. The van der Waals surface area contributed by atoms with Crippen molar-refractivity contribution in [3.05, 3.63) is 59.2 Å². The Morgan fingerprint density at radius 1 is 0.964 bits per heavy atom. The van der Waals surface area contributed by atoms with Crippen LogP contribution in [0, 0.1) is 11.8 Å². The zero-order chi connectivity index (χ0) is 20.7. The van der Waals surface area contributed by atoms with Crippen LogP contribution in [0.15, 0.2) is 42.5 Å². The van der Waals surface area contributed by atoms with Gasteiger partial charge in [0.2, 0.25) is 0 Å². The second-order valence-electron chi connectivity index (χ2n) is 7.36. The third-order valence-corrected chi connectivity index (χ3v) is 5.53. The molecule has 2 aromatic carbocycles. The zero-order valence-electron chi connectivity index (χ0n) is 16.8. The first-order valence-corrected chi connectivity index (χ1v) is 10.1. The normalized spacial score (nSPS) is 13.0. The second kappa shape index (κ2) is 10.3. The molecule has 0 aliphatic carbocycles. The average Bonchev–Trinajstić information content (AvgIpc) is 2.69. The topological polar surface area (TPSA) is 69.4 Å². The number of anilines is 1. The van der Waals surface area contributed by atoms with Crippen molar-refractivity contribution in [1.29, 1.82) is 0 Å². The van der Waals surface area contributed by atoms with E-state index in [0.29, 0.717) is 36.5 Å². The standard InChI is InChI=1S/C23H29NO3S/c1-15(21(25)12-17-4-7-20(24)8-5-17)10-18-6-9-23(27-3)19(11-18)13-22(26)16(2)14-28/h4-9,11,15-16,28H,10,12-14,24H2,1-3H3. The van der Waals surface area contributed by atoms with E-state index in [2.05, 4.69) is 12.6 Å². The van der Waals surface area contributed by atoms with Crippen LogP contribution in [-0.4, -0.2) is 24.4 Å². The monoisotopic (exact) mass is 399 g/mol. The second-order valence-corrected chi connectivity index (χ2v) is 7.73. The van der Waals surface area contributed by atoms with Gasteiger partial charge in [-0.1, -0.05) is 38.1 Å². The molecule has 2 atom stereocenters. The van der Waals surface area contributed by atoms with E-state index in [1.165, 1.54) is 0 Å². The summed E-state index contributed by atoms with van der Waals surface area (Å²) in [5.74, 6) is 1.32. The van der Waals surface area contributed by atoms with Gasteiger partial charge < -0.3 is 10.5 Å². The van der Waals surface area contributed by atoms with Crippen molar-refractivity contribution in [2.24, 2.45) is 11.8 Å². The summed E-state index contributed by atoms with van der Waals surface area (Å²) in [7, 11) is 1.60. The van der Waals surface area contributed by atoms with Gasteiger partial charge >= 0.3 is 0 Å². The van der Waals surface area contributed by atoms with E-state index in [0.717, 1.165) is 16.7 Å². The van der Waals surface area contributed by atoms with E-state index in [4.69, 9.17) is 10.5 Å². The van der Waals surface area contributed by atoms with Gasteiger partial charge in [-0.05, 0) is 41.5 Å². The van der Waals surface area contributed by atoms with Crippen LogP contribution in [0.3, 0.4) is 0 Å². The lowest BCUT2D eigenvalue weighted by atomic mass is 9.91. The summed E-state index contributed by atoms with van der Waals surface area (Å²) in [6.07, 6.45) is 1.33. The summed E-state index contributed by atoms with van der Waals surface area (Å²) < 4.78 is 5.41. The molecule has 0 fully saturated rings. The van der Waals surface area contributed by atoms with Gasteiger partial charge in [0.15, 0.2) is 0 Å². The molecular formula is C23H29NO3S. The molecule has 0 aliphatic rings. The van der Waals surface area contributed by atoms with E-state index < -0.39 is 0 Å². The first-order valence-electron chi connectivity index (χ1n) is 9.50. The van der Waals surface area contributed by atoms with E-state index in [1.807, 2.05) is 56.3 Å². The summed E-state index contributed by atoms with van der Waals surface area (Å²) in [6.45, 7) is 3.82. The summed E-state index contributed by atoms with van der Waals surface area (Å²) >= 11 is 4.21. The number of nitrogen functional groups attached to an aromatic ring is 1. The highest BCUT2D eigenvalue weighted by molar-refractivity contribution is 7.80.